The van der Waals surface area contributed by atoms with Crippen LogP contribution in [-0.2, 0) is 0 Å². The first-order chi connectivity index (χ1) is 7.38. The normalized spacial score (nSPS) is 33.0. The third-order valence-corrected chi connectivity index (χ3v) is 3.96. The standard InChI is InChI=1S/C13H18N2/c1-14-9-6-7-11-10-4-2-3-5-12(10)15-13(11)8-9/h2-5,9,11,13-15H,6-8H2,1H3/t9?,11-,13-/m0/s1. The molecule has 0 amide bonds. The van der Waals surface area contributed by atoms with Gasteiger partial charge in [0.05, 0.1) is 0 Å². The topological polar surface area (TPSA) is 24.1 Å². The highest BCUT2D eigenvalue weighted by molar-refractivity contribution is 5.59. The first kappa shape index (κ1) is 9.22. The van der Waals surface area contributed by atoms with E-state index in [1.165, 1.54) is 30.5 Å². The van der Waals surface area contributed by atoms with Gasteiger partial charge in [-0.3, -0.25) is 0 Å². The summed E-state index contributed by atoms with van der Waals surface area (Å²) in [4.78, 5) is 0. The number of para-hydroxylation sites is 1. The lowest BCUT2D eigenvalue weighted by Gasteiger charge is -2.31. The van der Waals surface area contributed by atoms with Crippen LogP contribution in [0.25, 0.3) is 0 Å². The molecule has 1 saturated carbocycles. The summed E-state index contributed by atoms with van der Waals surface area (Å²) in [5, 5.41) is 7.06. The SMILES string of the molecule is CNC1CC[C@H]2c3ccccc3N[C@H]2C1. The van der Waals surface area contributed by atoms with Gasteiger partial charge in [-0.2, -0.15) is 0 Å². The second kappa shape index (κ2) is 3.53. The van der Waals surface area contributed by atoms with Crippen molar-refractivity contribution in [2.45, 2.75) is 37.3 Å². The maximum Gasteiger partial charge on any atom is 0.0378 e. The molecule has 2 N–H and O–H groups in total. The molecule has 3 rings (SSSR count). The molecule has 0 radical (unpaired) electrons. The Morgan fingerprint density at radius 1 is 1.27 bits per heavy atom. The molecule has 2 aliphatic rings. The van der Waals surface area contributed by atoms with Gasteiger partial charge < -0.3 is 10.6 Å². The Balaban J connectivity index is 1.86. The van der Waals surface area contributed by atoms with E-state index < -0.39 is 0 Å². The summed E-state index contributed by atoms with van der Waals surface area (Å²) in [5.74, 6) is 0.755. The number of hydrogen-bond acceptors (Lipinski definition) is 2. The molecule has 80 valence electrons. The molecule has 2 nitrogen and oxygen atoms in total. The van der Waals surface area contributed by atoms with E-state index in [-0.39, 0.29) is 0 Å². The summed E-state index contributed by atoms with van der Waals surface area (Å²) in [6.45, 7) is 0. The summed E-state index contributed by atoms with van der Waals surface area (Å²) in [5.41, 5.74) is 2.90. The fourth-order valence-electron chi connectivity index (χ4n) is 3.12. The van der Waals surface area contributed by atoms with E-state index in [0.717, 1.165) is 5.92 Å². The molecular weight excluding hydrogens is 184 g/mol. The molecule has 1 unspecified atom stereocenters. The predicted octanol–water partition coefficient (Wildman–Crippen LogP) is 2.34. The average molecular weight is 202 g/mol. The third-order valence-electron chi connectivity index (χ3n) is 3.96. The molecule has 0 bridgehead atoms. The van der Waals surface area contributed by atoms with Crippen LogP contribution in [0.3, 0.4) is 0 Å². The minimum atomic E-state index is 0.661. The number of rotatable bonds is 1. The molecule has 0 aromatic heterocycles. The zero-order valence-corrected chi connectivity index (χ0v) is 9.16. The van der Waals surface area contributed by atoms with Crippen LogP contribution in [0.15, 0.2) is 24.3 Å². The molecule has 2 heteroatoms. The Hall–Kier alpha value is -1.02. The largest absolute Gasteiger partial charge is 0.381 e. The van der Waals surface area contributed by atoms with Gasteiger partial charge in [-0.05, 0) is 37.9 Å². The molecule has 15 heavy (non-hydrogen) atoms. The fraction of sp³-hybridized carbons (Fsp3) is 0.538. The number of hydrogen-bond donors (Lipinski definition) is 2. The zero-order chi connectivity index (χ0) is 10.3. The lowest BCUT2D eigenvalue weighted by Crippen LogP contribution is -2.38. The third kappa shape index (κ3) is 1.44. The maximum atomic E-state index is 3.66. The smallest absolute Gasteiger partial charge is 0.0378 e. The summed E-state index contributed by atoms with van der Waals surface area (Å²) in [7, 11) is 2.08. The van der Waals surface area contributed by atoms with E-state index in [4.69, 9.17) is 0 Å². The maximum absolute atomic E-state index is 3.66. The average Bonchev–Trinajstić information content (AvgIpc) is 2.66. The van der Waals surface area contributed by atoms with Crippen molar-refractivity contribution < 1.29 is 0 Å². The van der Waals surface area contributed by atoms with Crippen LogP contribution in [0.5, 0.6) is 0 Å². The molecule has 1 fully saturated rings. The highest BCUT2D eigenvalue weighted by atomic mass is 15.0. The van der Waals surface area contributed by atoms with Crippen LogP contribution in [-0.4, -0.2) is 19.1 Å². The van der Waals surface area contributed by atoms with Gasteiger partial charge in [-0.1, -0.05) is 18.2 Å². The van der Waals surface area contributed by atoms with Crippen molar-refractivity contribution in [1.82, 2.24) is 5.32 Å². The Morgan fingerprint density at radius 2 is 2.13 bits per heavy atom. The van der Waals surface area contributed by atoms with Crippen LogP contribution in [0.2, 0.25) is 0 Å². The van der Waals surface area contributed by atoms with Crippen molar-refractivity contribution in [3.8, 4) is 0 Å². The van der Waals surface area contributed by atoms with Gasteiger partial charge in [0.15, 0.2) is 0 Å². The van der Waals surface area contributed by atoms with Gasteiger partial charge in [0, 0.05) is 23.7 Å². The highest BCUT2D eigenvalue weighted by Crippen LogP contribution is 2.43. The van der Waals surface area contributed by atoms with Gasteiger partial charge in [-0.25, -0.2) is 0 Å². The minimum Gasteiger partial charge on any atom is -0.381 e. The monoisotopic (exact) mass is 202 g/mol. The highest BCUT2D eigenvalue weighted by Gasteiger charge is 2.36. The molecule has 1 heterocycles. The first-order valence-corrected chi connectivity index (χ1v) is 5.91. The van der Waals surface area contributed by atoms with E-state index in [0.29, 0.717) is 12.1 Å². The molecule has 1 aromatic carbocycles. The lowest BCUT2D eigenvalue weighted by molar-refractivity contribution is 0.343. The molecule has 1 aromatic rings. The zero-order valence-electron chi connectivity index (χ0n) is 9.16. The number of fused-ring (bicyclic) bond motifs is 3. The van der Waals surface area contributed by atoms with E-state index in [2.05, 4.69) is 41.9 Å². The van der Waals surface area contributed by atoms with Gasteiger partial charge in [0.1, 0.15) is 0 Å². The second-order valence-corrected chi connectivity index (χ2v) is 4.74. The van der Waals surface area contributed by atoms with E-state index in [1.807, 2.05) is 0 Å². The molecular formula is C13H18N2. The summed E-state index contributed by atoms with van der Waals surface area (Å²) in [6, 6.07) is 10.1. The summed E-state index contributed by atoms with van der Waals surface area (Å²) >= 11 is 0. The van der Waals surface area contributed by atoms with E-state index in [1.54, 1.807) is 0 Å². The Kier molecular flexibility index (Phi) is 2.17. The van der Waals surface area contributed by atoms with Crippen LogP contribution in [0, 0.1) is 0 Å². The van der Waals surface area contributed by atoms with Crippen molar-refractivity contribution in [3.05, 3.63) is 29.8 Å². The number of nitrogens with one attached hydrogen (secondary N) is 2. The van der Waals surface area contributed by atoms with Gasteiger partial charge in [-0.15, -0.1) is 0 Å². The first-order valence-electron chi connectivity index (χ1n) is 5.91. The van der Waals surface area contributed by atoms with Gasteiger partial charge >= 0.3 is 0 Å². The number of benzene rings is 1. The Labute approximate surface area is 91.1 Å². The van der Waals surface area contributed by atoms with E-state index in [9.17, 15) is 0 Å². The van der Waals surface area contributed by atoms with Crippen LogP contribution >= 0.6 is 0 Å². The van der Waals surface area contributed by atoms with Gasteiger partial charge in [0.25, 0.3) is 0 Å². The summed E-state index contributed by atoms with van der Waals surface area (Å²) < 4.78 is 0. The van der Waals surface area contributed by atoms with Crippen LogP contribution in [0.1, 0.15) is 30.7 Å². The molecule has 1 aliphatic heterocycles. The molecule has 1 aliphatic carbocycles. The van der Waals surface area contributed by atoms with Crippen molar-refractivity contribution in [3.63, 3.8) is 0 Å². The van der Waals surface area contributed by atoms with Crippen LogP contribution in [0.4, 0.5) is 5.69 Å². The second-order valence-electron chi connectivity index (χ2n) is 4.74. The summed E-state index contributed by atoms with van der Waals surface area (Å²) in [6.07, 6.45) is 3.89. The van der Waals surface area contributed by atoms with Crippen molar-refractivity contribution in [2.75, 3.05) is 12.4 Å². The van der Waals surface area contributed by atoms with Crippen molar-refractivity contribution in [2.24, 2.45) is 0 Å². The fourth-order valence-corrected chi connectivity index (χ4v) is 3.12. The quantitative estimate of drug-likeness (QED) is 0.730. The molecule has 0 saturated heterocycles. The van der Waals surface area contributed by atoms with Gasteiger partial charge in [0.2, 0.25) is 0 Å². The Bertz CT molecular complexity index is 361. The number of anilines is 1. The van der Waals surface area contributed by atoms with Crippen LogP contribution < -0.4 is 10.6 Å². The lowest BCUT2D eigenvalue weighted by atomic mass is 9.80. The Morgan fingerprint density at radius 3 is 3.00 bits per heavy atom. The molecule has 3 atom stereocenters. The van der Waals surface area contributed by atoms with Crippen molar-refractivity contribution in [1.29, 1.82) is 0 Å². The van der Waals surface area contributed by atoms with E-state index >= 15 is 0 Å². The minimum absolute atomic E-state index is 0.661. The predicted molar refractivity (Wildman–Crippen MR) is 63.3 cm³/mol. The molecule has 0 spiro atoms. The van der Waals surface area contributed by atoms with Crippen molar-refractivity contribution >= 4 is 5.69 Å².